The Morgan fingerprint density at radius 2 is 1.38 bits per heavy atom. The lowest BCUT2D eigenvalue weighted by Gasteiger charge is -2.47. The van der Waals surface area contributed by atoms with Gasteiger partial charge in [-0.25, -0.2) is 0 Å². The number of allylic oxidation sites excluding steroid dienone is 10. The molecule has 8 N–H and O–H groups in total. The first kappa shape index (κ1) is 70.8. The van der Waals surface area contributed by atoms with Crippen LogP contribution in [0.3, 0.4) is 0 Å². The Bertz CT molecular complexity index is 3490. The summed E-state index contributed by atoms with van der Waals surface area (Å²) in [5.41, 5.74) is 30.0. The summed E-state index contributed by atoms with van der Waals surface area (Å²) in [6.45, 7) is 24.7. The van der Waals surface area contributed by atoms with Crippen molar-refractivity contribution in [3.05, 3.63) is 213 Å². The number of anilines is 4. The minimum absolute atomic E-state index is 0.00220. The number of nitrogens with one attached hydrogen (secondary N) is 2. The molecule has 0 aromatic heterocycles. The summed E-state index contributed by atoms with van der Waals surface area (Å²) < 4.78 is -0.444. The summed E-state index contributed by atoms with van der Waals surface area (Å²) in [7, 11) is 0. The van der Waals surface area contributed by atoms with E-state index in [0.717, 1.165) is 51.9 Å². The highest BCUT2D eigenvalue weighted by Crippen LogP contribution is 2.61. The number of Topliss-reactive ketones (excluding diaryl/α,β-unsaturated/α-hetero) is 1. The first-order valence-electron chi connectivity index (χ1n) is 26.7. The third-order valence-corrected chi connectivity index (χ3v) is 18.6. The Kier molecular flexibility index (Phi) is 25.4. The van der Waals surface area contributed by atoms with Crippen LogP contribution in [-0.4, -0.2) is 29.5 Å². The predicted octanol–water partition coefficient (Wildman–Crippen LogP) is 19.3. The SMILES string of the molecule is C/C=C(Cl)/C(Cl)=C(C(=O)NC1=CCC(C)(C2(c3ccc(N)cc3)C/C(=C\C=C/N)c3ccccc32)C=C1)\C(Cl)=C(/C)Cl.C=O.CC(C)C(C)(S)C=O.Cc1cc(N)ccc1-c1ccc(Nc2c(C)c(Cl)c(C(=O)C(C)(C)C)c(Cl)c2Cl)cc1C. The number of halogens is 7. The van der Waals surface area contributed by atoms with Crippen molar-refractivity contribution >= 4 is 147 Å². The molecule has 0 bridgehead atoms. The lowest BCUT2D eigenvalue weighted by Crippen LogP contribution is -2.43. The molecule has 0 fully saturated rings. The monoisotopic (exact) mass is 1290 g/mol. The molecular formula is C67H74Cl7N5O4S. The number of aryl methyl sites for hydroxylation is 2. The van der Waals surface area contributed by atoms with Crippen LogP contribution in [0.25, 0.3) is 16.7 Å². The van der Waals surface area contributed by atoms with E-state index < -0.39 is 21.5 Å². The van der Waals surface area contributed by atoms with Crippen LogP contribution >= 0.6 is 93.8 Å². The number of nitrogens with two attached hydrogens (primary N) is 3. The van der Waals surface area contributed by atoms with Crippen molar-refractivity contribution in [2.75, 3.05) is 16.8 Å². The minimum atomic E-state index is -0.634. The molecule has 7 rings (SSSR count). The summed E-state index contributed by atoms with van der Waals surface area (Å²) in [5.74, 6) is -0.353. The van der Waals surface area contributed by atoms with Crippen LogP contribution in [0.15, 0.2) is 159 Å². The van der Waals surface area contributed by atoms with Crippen LogP contribution in [-0.2, 0) is 19.8 Å². The Morgan fingerprint density at radius 3 is 1.88 bits per heavy atom. The molecule has 446 valence electrons. The number of hydrogen-bond donors (Lipinski definition) is 6. The van der Waals surface area contributed by atoms with E-state index in [-0.39, 0.29) is 52.5 Å². The Hall–Kier alpha value is -5.66. The largest absolute Gasteiger partial charge is 0.405 e. The molecule has 3 atom stereocenters. The van der Waals surface area contributed by atoms with Crippen molar-refractivity contribution in [2.24, 2.45) is 22.5 Å². The predicted molar refractivity (Wildman–Crippen MR) is 363 cm³/mol. The highest BCUT2D eigenvalue weighted by Gasteiger charge is 2.54. The molecule has 84 heavy (non-hydrogen) atoms. The van der Waals surface area contributed by atoms with E-state index in [1.54, 1.807) is 26.1 Å². The van der Waals surface area contributed by atoms with Crippen molar-refractivity contribution in [3.8, 4) is 11.1 Å². The fourth-order valence-electron chi connectivity index (χ4n) is 9.66. The molecular weight excluding hydrogens is 1220 g/mol. The lowest BCUT2D eigenvalue weighted by atomic mass is 9.55. The van der Waals surface area contributed by atoms with E-state index in [0.29, 0.717) is 40.0 Å². The zero-order valence-electron chi connectivity index (χ0n) is 49.4. The number of carbonyl (C=O) groups is 4. The first-order valence-corrected chi connectivity index (χ1v) is 29.8. The number of fused-ring (bicyclic) bond motifs is 1. The maximum atomic E-state index is 13.4. The number of aldehydes is 1. The molecule has 0 heterocycles. The number of amides is 1. The maximum absolute atomic E-state index is 13.4. The van der Waals surface area contributed by atoms with Crippen LogP contribution in [0.5, 0.6) is 0 Å². The van der Waals surface area contributed by atoms with Gasteiger partial charge in [0.15, 0.2) is 5.78 Å². The first-order chi connectivity index (χ1) is 39.3. The maximum Gasteiger partial charge on any atom is 0.258 e. The van der Waals surface area contributed by atoms with Gasteiger partial charge in [0, 0.05) is 44.0 Å². The highest BCUT2D eigenvalue weighted by atomic mass is 35.5. The van der Waals surface area contributed by atoms with Gasteiger partial charge in [-0.05, 0) is 165 Å². The van der Waals surface area contributed by atoms with Gasteiger partial charge >= 0.3 is 0 Å². The fourth-order valence-corrected chi connectivity index (χ4v) is 11.2. The minimum Gasteiger partial charge on any atom is -0.405 e. The molecule has 5 aromatic carbocycles. The molecule has 0 saturated carbocycles. The molecule has 2 aliphatic carbocycles. The molecule has 0 saturated heterocycles. The Labute approximate surface area is 536 Å². The topological polar surface area (TPSA) is 170 Å². The van der Waals surface area contributed by atoms with E-state index in [2.05, 4.69) is 91.7 Å². The van der Waals surface area contributed by atoms with Gasteiger partial charge in [-0.3, -0.25) is 9.59 Å². The number of rotatable bonds is 13. The average molecular weight is 1290 g/mol. The summed E-state index contributed by atoms with van der Waals surface area (Å²) in [5, 5.41) is 7.48. The average Bonchev–Trinajstić information content (AvgIpc) is 1.54. The Morgan fingerprint density at radius 1 is 0.798 bits per heavy atom. The van der Waals surface area contributed by atoms with Crippen LogP contribution in [0.4, 0.5) is 22.7 Å². The van der Waals surface area contributed by atoms with Crippen LogP contribution in [0, 0.1) is 37.5 Å². The van der Waals surface area contributed by atoms with E-state index in [1.165, 1.54) is 16.7 Å². The molecule has 0 aliphatic heterocycles. The number of hydrogen-bond acceptors (Lipinski definition) is 9. The van der Waals surface area contributed by atoms with Gasteiger partial charge in [-0.2, -0.15) is 12.6 Å². The molecule has 5 aromatic rings. The van der Waals surface area contributed by atoms with Crippen molar-refractivity contribution in [1.82, 2.24) is 5.32 Å². The fraction of sp³-hybridized carbons (Fsp3) is 0.284. The number of carbonyl (C=O) groups excluding carboxylic acids is 4. The normalized spacial score (nSPS) is 18.3. The van der Waals surface area contributed by atoms with E-state index in [1.807, 2.05) is 123 Å². The molecule has 3 unspecified atom stereocenters. The summed E-state index contributed by atoms with van der Waals surface area (Å²) in [6.07, 6.45) is 15.5. The van der Waals surface area contributed by atoms with Crippen LogP contribution in [0.2, 0.25) is 15.1 Å². The van der Waals surface area contributed by atoms with Crippen LogP contribution in [0.1, 0.15) is 119 Å². The number of benzene rings is 5. The number of thiol groups is 1. The van der Waals surface area contributed by atoms with Gasteiger partial charge in [-0.15, -0.1) is 0 Å². The second-order valence-electron chi connectivity index (χ2n) is 22.2. The quantitative estimate of drug-likeness (QED) is 0.0129. The van der Waals surface area contributed by atoms with Gasteiger partial charge < -0.3 is 37.4 Å². The number of nitrogen functional groups attached to an aromatic ring is 2. The zero-order valence-corrected chi connectivity index (χ0v) is 55.5. The van der Waals surface area contributed by atoms with Gasteiger partial charge in [0.2, 0.25) is 0 Å². The molecule has 0 radical (unpaired) electrons. The van der Waals surface area contributed by atoms with Gasteiger partial charge in [0.25, 0.3) is 5.91 Å². The van der Waals surface area contributed by atoms with Crippen molar-refractivity contribution in [1.29, 1.82) is 0 Å². The standard InChI is InChI=1S/C34H33Cl4N3O.C26H27Cl3N2O.C6H12OS.CH2O/c1-4-28(36)31(38)29(30(37)21(2)35)32(42)41-25-15-17-33(3,18-16-25)34(23-11-13-24(40)14-12-23)20-22(8-7-19-39)26-9-5-6-10-27(26)34;1-13-11-16(30)7-9-18(13)19-10-8-17(12-14(19)2)31-24-15(3)21(27)20(22(28)23(24)29)25(32)26(4,5)6;1-5(2)6(3,8)4-7;1-2/h4-17,19H,18,20,39-40H2,1-3H3,(H,41,42);7-12,31H,30H2,1-6H3;4-5,8H,1-3H3;1H2/b19-7-,22-8+,28-4-,30-21-,31-29-;;;. The van der Waals surface area contributed by atoms with Gasteiger partial charge in [-0.1, -0.05) is 196 Å². The summed E-state index contributed by atoms with van der Waals surface area (Å²) >= 11 is 49.1. The summed E-state index contributed by atoms with van der Waals surface area (Å²) in [6, 6.07) is 28.6. The van der Waals surface area contributed by atoms with Crippen molar-refractivity contribution in [3.63, 3.8) is 0 Å². The summed E-state index contributed by atoms with van der Waals surface area (Å²) in [4.78, 5) is 44.5. The zero-order chi connectivity index (χ0) is 63.4. The van der Waals surface area contributed by atoms with Crippen molar-refractivity contribution < 1.29 is 19.2 Å². The highest BCUT2D eigenvalue weighted by molar-refractivity contribution is 7.82. The Balaban J connectivity index is 0.000000318. The van der Waals surface area contributed by atoms with Crippen LogP contribution < -0.4 is 27.8 Å². The van der Waals surface area contributed by atoms with Gasteiger partial charge in [0.05, 0.1) is 51.7 Å². The lowest BCUT2D eigenvalue weighted by molar-refractivity contribution is -0.116. The van der Waals surface area contributed by atoms with Gasteiger partial charge in [0.1, 0.15) is 13.1 Å². The molecule has 17 heteroatoms. The third-order valence-electron chi connectivity index (χ3n) is 14.9. The van der Waals surface area contributed by atoms with E-state index >= 15 is 0 Å². The molecule has 1 amide bonds. The van der Waals surface area contributed by atoms with Crippen molar-refractivity contribution in [2.45, 2.75) is 106 Å². The molecule has 0 spiro atoms. The van der Waals surface area contributed by atoms with E-state index in [9.17, 15) is 14.4 Å². The second-order valence-corrected chi connectivity index (χ2v) is 26.0. The molecule has 9 nitrogen and oxygen atoms in total. The molecule has 2 aliphatic rings. The van der Waals surface area contributed by atoms with E-state index in [4.69, 9.17) is 103 Å². The third kappa shape index (κ3) is 16.0. The number of ketones is 1. The second kappa shape index (κ2) is 30.1. The smallest absolute Gasteiger partial charge is 0.258 e.